The zero-order chi connectivity index (χ0) is 23.7. The van der Waals surface area contributed by atoms with Crippen LogP contribution in [0.5, 0.6) is 0 Å². The van der Waals surface area contributed by atoms with Crippen LogP contribution in [-0.2, 0) is 19.3 Å². The van der Waals surface area contributed by atoms with Crippen molar-refractivity contribution in [1.82, 2.24) is 9.80 Å². The molecule has 4 heteroatoms. The molecule has 0 amide bonds. The fourth-order valence-electron chi connectivity index (χ4n) is 4.85. The lowest BCUT2D eigenvalue weighted by Crippen LogP contribution is -2.36. The maximum atomic E-state index is 2.77. The van der Waals surface area contributed by atoms with Crippen LogP contribution in [0.2, 0.25) is 0 Å². The van der Waals surface area contributed by atoms with E-state index in [1.165, 1.54) is 40.7 Å². The quantitative estimate of drug-likeness (QED) is 0.247. The topological polar surface area (TPSA) is 6.48 Å². The van der Waals surface area contributed by atoms with Crippen molar-refractivity contribution < 1.29 is 0 Å². The zero-order valence-corrected chi connectivity index (χ0v) is 22.1. The Kier molecular flexibility index (Phi) is 8.75. The molecule has 4 aromatic rings. The largest absolute Gasteiger partial charge is 0.291 e. The van der Waals surface area contributed by atoms with Crippen molar-refractivity contribution in [2.45, 2.75) is 19.3 Å². The van der Waals surface area contributed by atoms with Crippen LogP contribution < -0.4 is 5.30 Å². The SMILES string of the molecule is c1ccc(CN2CP(Cc3ccccc3)CN(Cc3ccccc3)CP(c3ccccc3)C2)cc1. The molecule has 0 radical (unpaired) electrons. The van der Waals surface area contributed by atoms with E-state index in [1.54, 1.807) is 0 Å². The summed E-state index contributed by atoms with van der Waals surface area (Å²) in [6, 6.07) is 44.5. The van der Waals surface area contributed by atoms with Crippen LogP contribution in [0, 0.1) is 0 Å². The van der Waals surface area contributed by atoms with E-state index in [0.717, 1.165) is 25.7 Å². The Morgan fingerprint density at radius 2 is 0.857 bits per heavy atom. The molecule has 0 unspecified atom stereocenters. The molecule has 0 aliphatic carbocycles. The molecule has 2 nitrogen and oxygen atoms in total. The smallest absolute Gasteiger partial charge is 0.0243 e. The summed E-state index contributed by atoms with van der Waals surface area (Å²) in [6.07, 6.45) is 5.89. The highest BCUT2D eigenvalue weighted by Gasteiger charge is 2.27. The summed E-state index contributed by atoms with van der Waals surface area (Å²) in [6.45, 7) is 2.08. The Hall–Kier alpha value is -2.34. The first kappa shape index (κ1) is 24.4. The van der Waals surface area contributed by atoms with Crippen molar-refractivity contribution in [2.75, 3.05) is 25.1 Å². The third-order valence-electron chi connectivity index (χ3n) is 6.41. The van der Waals surface area contributed by atoms with Crippen LogP contribution in [-0.4, -0.2) is 34.9 Å². The van der Waals surface area contributed by atoms with E-state index < -0.39 is 0 Å². The Labute approximate surface area is 213 Å². The maximum absolute atomic E-state index is 2.77. The summed E-state index contributed by atoms with van der Waals surface area (Å²) in [4.78, 5) is 5.53. The molecule has 0 bridgehead atoms. The molecule has 178 valence electrons. The van der Waals surface area contributed by atoms with Crippen LogP contribution in [0.3, 0.4) is 0 Å². The number of benzene rings is 4. The minimum absolute atomic E-state index is 0.188. The average molecular weight is 497 g/mol. The Balaban J connectivity index is 1.42. The van der Waals surface area contributed by atoms with Gasteiger partial charge in [0.2, 0.25) is 0 Å². The first-order valence-electron chi connectivity index (χ1n) is 12.4. The number of nitrogens with zero attached hydrogens (tertiary/aromatic N) is 2. The normalized spacial score (nSPS) is 19.7. The predicted octanol–water partition coefficient (Wildman–Crippen LogP) is 7.32. The summed E-state index contributed by atoms with van der Waals surface area (Å²) in [5.41, 5.74) is 4.32. The molecule has 1 heterocycles. The lowest BCUT2D eigenvalue weighted by molar-refractivity contribution is 0.329. The predicted molar refractivity (Wildman–Crippen MR) is 153 cm³/mol. The average Bonchev–Trinajstić information content (AvgIpc) is 2.89. The van der Waals surface area contributed by atoms with Crippen LogP contribution >= 0.6 is 15.8 Å². The van der Waals surface area contributed by atoms with E-state index in [9.17, 15) is 0 Å². The number of rotatable bonds is 7. The summed E-state index contributed by atoms with van der Waals surface area (Å²) < 4.78 is 0. The zero-order valence-electron chi connectivity index (χ0n) is 20.3. The summed E-state index contributed by atoms with van der Waals surface area (Å²) in [5.74, 6) is 0. The monoisotopic (exact) mass is 496 g/mol. The molecule has 4 aromatic carbocycles. The summed E-state index contributed by atoms with van der Waals surface area (Å²) in [7, 11) is -0.486. The van der Waals surface area contributed by atoms with Gasteiger partial charge in [-0.3, -0.25) is 9.80 Å². The van der Waals surface area contributed by atoms with Crippen LogP contribution in [0.25, 0.3) is 0 Å². The van der Waals surface area contributed by atoms with Gasteiger partial charge < -0.3 is 0 Å². The molecule has 0 aromatic heterocycles. The van der Waals surface area contributed by atoms with E-state index in [1.807, 2.05) is 0 Å². The third kappa shape index (κ3) is 7.33. The second kappa shape index (κ2) is 12.6. The van der Waals surface area contributed by atoms with Gasteiger partial charge in [-0.2, -0.15) is 0 Å². The molecule has 1 fully saturated rings. The molecule has 1 aliphatic rings. The highest BCUT2D eigenvalue weighted by molar-refractivity contribution is 7.65. The Morgan fingerprint density at radius 1 is 0.457 bits per heavy atom. The van der Waals surface area contributed by atoms with Gasteiger partial charge >= 0.3 is 0 Å². The van der Waals surface area contributed by atoms with Gasteiger partial charge in [0, 0.05) is 38.2 Å². The molecule has 0 N–H and O–H groups in total. The summed E-state index contributed by atoms with van der Waals surface area (Å²) in [5, 5.41) is 1.52. The van der Waals surface area contributed by atoms with Crippen molar-refractivity contribution in [3.63, 3.8) is 0 Å². The van der Waals surface area contributed by atoms with Crippen LogP contribution in [0.1, 0.15) is 16.7 Å². The van der Waals surface area contributed by atoms with Crippen molar-refractivity contribution in [3.05, 3.63) is 138 Å². The van der Waals surface area contributed by atoms with Gasteiger partial charge in [-0.25, -0.2) is 0 Å². The van der Waals surface area contributed by atoms with E-state index in [-0.39, 0.29) is 15.8 Å². The molecular weight excluding hydrogens is 462 g/mol. The molecule has 35 heavy (non-hydrogen) atoms. The van der Waals surface area contributed by atoms with Crippen molar-refractivity contribution >= 4 is 21.1 Å². The first-order chi connectivity index (χ1) is 17.3. The van der Waals surface area contributed by atoms with Gasteiger partial charge in [0.1, 0.15) is 0 Å². The first-order valence-corrected chi connectivity index (χ1v) is 16.0. The van der Waals surface area contributed by atoms with E-state index in [0.29, 0.717) is 0 Å². The van der Waals surface area contributed by atoms with Crippen molar-refractivity contribution in [2.24, 2.45) is 0 Å². The van der Waals surface area contributed by atoms with Gasteiger partial charge in [-0.05, 0) is 36.1 Å². The highest BCUT2D eigenvalue weighted by atomic mass is 31.1. The molecule has 5 rings (SSSR count). The Morgan fingerprint density at radius 3 is 1.31 bits per heavy atom. The van der Waals surface area contributed by atoms with Gasteiger partial charge in [0.15, 0.2) is 0 Å². The van der Waals surface area contributed by atoms with E-state index in [2.05, 4.69) is 131 Å². The van der Waals surface area contributed by atoms with Crippen molar-refractivity contribution in [3.8, 4) is 0 Å². The molecule has 0 spiro atoms. The fraction of sp³-hybridized carbons (Fsp3) is 0.226. The van der Waals surface area contributed by atoms with Gasteiger partial charge in [0.25, 0.3) is 0 Å². The lowest BCUT2D eigenvalue weighted by atomic mass is 10.2. The standard InChI is InChI=1S/C31H34N2P2/c1-5-13-28(14-6-1)21-32-24-34(23-30-17-9-3-10-18-30)25-33(22-29-15-7-2-8-16-29)27-35(26-32)31-19-11-4-12-20-31/h1-20H,21-27H2. The molecule has 1 saturated heterocycles. The number of hydrogen-bond acceptors (Lipinski definition) is 2. The third-order valence-corrected chi connectivity index (χ3v) is 11.3. The Bertz CT molecular complexity index is 1090. The maximum Gasteiger partial charge on any atom is 0.0243 e. The second-order valence-corrected chi connectivity index (χ2v) is 13.8. The summed E-state index contributed by atoms with van der Waals surface area (Å²) >= 11 is 0. The van der Waals surface area contributed by atoms with E-state index in [4.69, 9.17) is 0 Å². The molecular formula is C31H34N2P2. The molecule has 1 aliphatic heterocycles. The van der Waals surface area contributed by atoms with Crippen LogP contribution in [0.4, 0.5) is 0 Å². The highest BCUT2D eigenvalue weighted by Crippen LogP contribution is 2.48. The van der Waals surface area contributed by atoms with Gasteiger partial charge in [0.05, 0.1) is 0 Å². The number of hydrogen-bond donors (Lipinski definition) is 0. The van der Waals surface area contributed by atoms with Crippen LogP contribution in [0.15, 0.2) is 121 Å². The molecule has 0 atom stereocenters. The fourth-order valence-corrected chi connectivity index (χ4v) is 10.1. The second-order valence-electron chi connectivity index (χ2n) is 9.38. The van der Waals surface area contributed by atoms with Crippen molar-refractivity contribution in [1.29, 1.82) is 0 Å². The minimum Gasteiger partial charge on any atom is -0.291 e. The lowest BCUT2D eigenvalue weighted by Gasteiger charge is -2.39. The minimum atomic E-state index is -0.298. The van der Waals surface area contributed by atoms with Gasteiger partial charge in [-0.15, -0.1) is 0 Å². The van der Waals surface area contributed by atoms with Gasteiger partial charge in [-0.1, -0.05) is 129 Å². The van der Waals surface area contributed by atoms with E-state index >= 15 is 0 Å². The molecule has 0 saturated carbocycles.